The lowest BCUT2D eigenvalue weighted by molar-refractivity contribution is -0.115. The lowest BCUT2D eigenvalue weighted by Crippen LogP contribution is -2.15. The molecule has 0 aliphatic heterocycles. The normalized spacial score (nSPS) is 10.5. The van der Waals surface area contributed by atoms with Crippen molar-refractivity contribution in [3.8, 4) is 0 Å². The van der Waals surface area contributed by atoms with Crippen molar-refractivity contribution in [3.05, 3.63) is 64.5 Å². The van der Waals surface area contributed by atoms with E-state index in [-0.39, 0.29) is 24.6 Å². The number of nitrogens with one attached hydrogen (secondary N) is 1. The summed E-state index contributed by atoms with van der Waals surface area (Å²) in [6.45, 7) is 4.29. The summed E-state index contributed by atoms with van der Waals surface area (Å²) in [5.41, 5.74) is 9.55. The molecule has 0 aliphatic carbocycles. The SMILES string of the molecule is Cc1ccc(CC(=O)Nc2ccc(CN)cc2F)cc1C. The fourth-order valence-corrected chi connectivity index (χ4v) is 2.08. The van der Waals surface area contributed by atoms with Crippen LogP contribution in [-0.4, -0.2) is 5.91 Å². The molecule has 4 heteroatoms. The number of anilines is 1. The van der Waals surface area contributed by atoms with Gasteiger partial charge >= 0.3 is 0 Å². The maximum Gasteiger partial charge on any atom is 0.228 e. The first-order valence-electron chi connectivity index (χ1n) is 6.84. The van der Waals surface area contributed by atoms with E-state index >= 15 is 0 Å². The van der Waals surface area contributed by atoms with Gasteiger partial charge in [0.05, 0.1) is 12.1 Å². The van der Waals surface area contributed by atoms with Gasteiger partial charge in [0.1, 0.15) is 5.82 Å². The van der Waals surface area contributed by atoms with Crippen LogP contribution in [0.25, 0.3) is 0 Å². The van der Waals surface area contributed by atoms with E-state index in [2.05, 4.69) is 5.32 Å². The van der Waals surface area contributed by atoms with Crippen molar-refractivity contribution in [2.75, 3.05) is 5.32 Å². The first kappa shape index (κ1) is 15.2. The number of hydrogen-bond acceptors (Lipinski definition) is 2. The minimum Gasteiger partial charge on any atom is -0.326 e. The van der Waals surface area contributed by atoms with Crippen LogP contribution in [0.2, 0.25) is 0 Å². The third-order valence-electron chi connectivity index (χ3n) is 3.48. The summed E-state index contributed by atoms with van der Waals surface area (Å²) in [4.78, 5) is 12.0. The van der Waals surface area contributed by atoms with Gasteiger partial charge in [0.25, 0.3) is 0 Å². The number of hydrogen-bond donors (Lipinski definition) is 2. The average Bonchev–Trinajstić information content (AvgIpc) is 2.45. The predicted molar refractivity (Wildman–Crippen MR) is 82.5 cm³/mol. The molecule has 0 saturated heterocycles. The van der Waals surface area contributed by atoms with Crippen molar-refractivity contribution >= 4 is 11.6 Å². The van der Waals surface area contributed by atoms with Crippen molar-refractivity contribution in [2.24, 2.45) is 5.73 Å². The molecule has 0 bridgehead atoms. The van der Waals surface area contributed by atoms with E-state index in [1.165, 1.54) is 17.7 Å². The van der Waals surface area contributed by atoms with Crippen LogP contribution in [0, 0.1) is 19.7 Å². The number of aryl methyl sites for hydroxylation is 2. The number of carbonyl (C=O) groups excluding carboxylic acids is 1. The number of benzene rings is 2. The molecule has 0 aromatic heterocycles. The largest absolute Gasteiger partial charge is 0.326 e. The summed E-state index contributed by atoms with van der Waals surface area (Å²) >= 11 is 0. The van der Waals surface area contributed by atoms with Crippen LogP contribution < -0.4 is 11.1 Å². The van der Waals surface area contributed by atoms with Gasteiger partial charge in [-0.3, -0.25) is 4.79 Å². The summed E-state index contributed by atoms with van der Waals surface area (Å²) in [6.07, 6.45) is 0.221. The Balaban J connectivity index is 2.06. The highest BCUT2D eigenvalue weighted by molar-refractivity contribution is 5.92. The van der Waals surface area contributed by atoms with Gasteiger partial charge in [0, 0.05) is 6.54 Å². The zero-order valence-electron chi connectivity index (χ0n) is 12.2. The highest BCUT2D eigenvalue weighted by atomic mass is 19.1. The molecule has 1 amide bonds. The molecular formula is C17H19FN2O. The lowest BCUT2D eigenvalue weighted by atomic mass is 10.0. The molecule has 0 spiro atoms. The van der Waals surface area contributed by atoms with E-state index in [1.54, 1.807) is 6.07 Å². The number of nitrogens with two attached hydrogens (primary N) is 1. The van der Waals surface area contributed by atoms with Gasteiger partial charge in [0.15, 0.2) is 0 Å². The molecule has 0 atom stereocenters. The highest BCUT2D eigenvalue weighted by Crippen LogP contribution is 2.16. The fraction of sp³-hybridized carbons (Fsp3) is 0.235. The Bertz CT molecular complexity index is 668. The van der Waals surface area contributed by atoms with Crippen LogP contribution in [0.1, 0.15) is 22.3 Å². The quantitative estimate of drug-likeness (QED) is 0.907. The van der Waals surface area contributed by atoms with Gasteiger partial charge in [-0.25, -0.2) is 4.39 Å². The zero-order valence-corrected chi connectivity index (χ0v) is 12.2. The average molecular weight is 286 g/mol. The zero-order chi connectivity index (χ0) is 15.4. The summed E-state index contributed by atoms with van der Waals surface area (Å²) in [5.74, 6) is -0.705. The summed E-state index contributed by atoms with van der Waals surface area (Å²) in [7, 11) is 0. The summed E-state index contributed by atoms with van der Waals surface area (Å²) in [6, 6.07) is 10.4. The molecular weight excluding hydrogens is 267 g/mol. The van der Waals surface area contributed by atoms with Crippen LogP contribution in [-0.2, 0) is 17.8 Å². The Kier molecular flexibility index (Phi) is 4.70. The Labute approximate surface area is 124 Å². The molecule has 0 radical (unpaired) electrons. The second-order valence-corrected chi connectivity index (χ2v) is 5.16. The smallest absolute Gasteiger partial charge is 0.228 e. The van der Waals surface area contributed by atoms with Crippen molar-refractivity contribution < 1.29 is 9.18 Å². The van der Waals surface area contributed by atoms with E-state index in [9.17, 15) is 9.18 Å². The Morgan fingerprint density at radius 1 is 1.10 bits per heavy atom. The molecule has 0 unspecified atom stereocenters. The third-order valence-corrected chi connectivity index (χ3v) is 3.48. The molecule has 0 heterocycles. The standard InChI is InChI=1S/C17H19FN2O/c1-11-3-4-13(7-12(11)2)9-17(21)20-16-6-5-14(10-19)8-15(16)18/h3-8H,9-10,19H2,1-2H3,(H,20,21). The first-order chi connectivity index (χ1) is 9.99. The molecule has 3 nitrogen and oxygen atoms in total. The van der Waals surface area contributed by atoms with Gasteiger partial charge in [-0.15, -0.1) is 0 Å². The van der Waals surface area contributed by atoms with Crippen LogP contribution in [0.5, 0.6) is 0 Å². The van der Waals surface area contributed by atoms with Gasteiger partial charge in [0.2, 0.25) is 5.91 Å². The minimum absolute atomic E-state index is 0.182. The second kappa shape index (κ2) is 6.50. The first-order valence-corrected chi connectivity index (χ1v) is 6.84. The molecule has 21 heavy (non-hydrogen) atoms. The second-order valence-electron chi connectivity index (χ2n) is 5.16. The maximum absolute atomic E-state index is 13.8. The van der Waals surface area contributed by atoms with Crippen LogP contribution in [0.15, 0.2) is 36.4 Å². The van der Waals surface area contributed by atoms with E-state index in [0.717, 1.165) is 11.1 Å². The van der Waals surface area contributed by atoms with Gasteiger partial charge < -0.3 is 11.1 Å². The molecule has 3 N–H and O–H groups in total. The monoisotopic (exact) mass is 286 g/mol. The van der Waals surface area contributed by atoms with E-state index in [1.807, 2.05) is 32.0 Å². The van der Waals surface area contributed by atoms with E-state index in [0.29, 0.717) is 5.56 Å². The Morgan fingerprint density at radius 3 is 2.43 bits per heavy atom. The van der Waals surface area contributed by atoms with Crippen LogP contribution in [0.3, 0.4) is 0 Å². The maximum atomic E-state index is 13.8. The number of carbonyl (C=O) groups is 1. The third kappa shape index (κ3) is 3.89. The van der Waals surface area contributed by atoms with Crippen molar-refractivity contribution in [2.45, 2.75) is 26.8 Å². The van der Waals surface area contributed by atoms with Gasteiger partial charge in [-0.1, -0.05) is 24.3 Å². The predicted octanol–water partition coefficient (Wildman–Crippen LogP) is 3.08. The molecule has 0 fully saturated rings. The summed E-state index contributed by atoms with van der Waals surface area (Å²) < 4.78 is 13.8. The fourth-order valence-electron chi connectivity index (χ4n) is 2.08. The van der Waals surface area contributed by atoms with E-state index < -0.39 is 5.82 Å². The Hall–Kier alpha value is -2.20. The molecule has 0 saturated carbocycles. The number of amides is 1. The van der Waals surface area contributed by atoms with E-state index in [4.69, 9.17) is 5.73 Å². The summed E-state index contributed by atoms with van der Waals surface area (Å²) in [5, 5.41) is 2.59. The highest BCUT2D eigenvalue weighted by Gasteiger charge is 2.09. The van der Waals surface area contributed by atoms with Crippen LogP contribution in [0.4, 0.5) is 10.1 Å². The molecule has 2 rings (SSSR count). The molecule has 0 aliphatic rings. The minimum atomic E-state index is -0.466. The number of rotatable bonds is 4. The van der Waals surface area contributed by atoms with Gasteiger partial charge in [-0.2, -0.15) is 0 Å². The van der Waals surface area contributed by atoms with Crippen LogP contribution >= 0.6 is 0 Å². The van der Waals surface area contributed by atoms with Gasteiger partial charge in [-0.05, 0) is 48.2 Å². The van der Waals surface area contributed by atoms with Crippen molar-refractivity contribution in [1.29, 1.82) is 0 Å². The number of halogens is 1. The van der Waals surface area contributed by atoms with Crippen molar-refractivity contribution in [3.63, 3.8) is 0 Å². The lowest BCUT2D eigenvalue weighted by Gasteiger charge is -2.09. The topological polar surface area (TPSA) is 55.1 Å². The van der Waals surface area contributed by atoms with Crippen molar-refractivity contribution in [1.82, 2.24) is 0 Å². The molecule has 2 aromatic carbocycles. The molecule has 2 aromatic rings. The Morgan fingerprint density at radius 2 is 1.81 bits per heavy atom. The molecule has 110 valence electrons.